The lowest BCUT2D eigenvalue weighted by Crippen LogP contribution is -2.44. The summed E-state index contributed by atoms with van der Waals surface area (Å²) in [5.41, 5.74) is 2.70. The zero-order valence-corrected chi connectivity index (χ0v) is 14.9. The summed E-state index contributed by atoms with van der Waals surface area (Å²) >= 11 is 12.1. The summed E-state index contributed by atoms with van der Waals surface area (Å²) in [7, 11) is 0. The first-order chi connectivity index (χ1) is 12.0. The number of halogens is 2. The Morgan fingerprint density at radius 3 is 2.48 bits per heavy atom. The summed E-state index contributed by atoms with van der Waals surface area (Å²) in [6.45, 7) is 0.769. The van der Waals surface area contributed by atoms with E-state index in [9.17, 15) is 9.59 Å². The van der Waals surface area contributed by atoms with Crippen LogP contribution in [0.3, 0.4) is 0 Å². The molecule has 1 saturated heterocycles. The minimum absolute atomic E-state index is 0.164. The van der Waals surface area contributed by atoms with Gasteiger partial charge in [0.2, 0.25) is 5.91 Å². The Morgan fingerprint density at radius 2 is 1.72 bits per heavy atom. The van der Waals surface area contributed by atoms with Crippen LogP contribution in [0.4, 0.5) is 11.4 Å². The van der Waals surface area contributed by atoms with E-state index in [-0.39, 0.29) is 18.2 Å². The van der Waals surface area contributed by atoms with Gasteiger partial charge in [-0.15, -0.1) is 0 Å². The largest absolute Gasteiger partial charge is 0.359 e. The maximum absolute atomic E-state index is 13.0. The zero-order valence-electron chi connectivity index (χ0n) is 13.4. The van der Waals surface area contributed by atoms with Crippen LogP contribution in [-0.4, -0.2) is 24.4 Å². The lowest BCUT2D eigenvalue weighted by molar-refractivity contribution is -0.121. The molecule has 25 heavy (non-hydrogen) atoms. The molecule has 1 atom stereocenters. The van der Waals surface area contributed by atoms with Gasteiger partial charge in [-0.25, -0.2) is 4.90 Å². The number of hydrogen-bond donors (Lipinski definition) is 0. The molecule has 0 N–H and O–H groups in total. The minimum atomic E-state index is -0.480. The van der Waals surface area contributed by atoms with Crippen LogP contribution in [0, 0.1) is 0 Å². The average molecular weight is 375 g/mol. The first kappa shape index (κ1) is 16.4. The summed E-state index contributed by atoms with van der Waals surface area (Å²) in [5, 5.41) is 0.796. The molecular formula is C19H16Cl2N2O2. The van der Waals surface area contributed by atoms with Crippen molar-refractivity contribution in [3.05, 3.63) is 58.1 Å². The normalized spacial score (nSPS) is 20.2. The van der Waals surface area contributed by atoms with Crippen LogP contribution in [0.1, 0.15) is 18.4 Å². The number of hydrogen-bond acceptors (Lipinski definition) is 3. The molecule has 4 rings (SSSR count). The number of amides is 2. The van der Waals surface area contributed by atoms with Crippen LogP contribution in [-0.2, 0) is 16.0 Å². The fraction of sp³-hybridized carbons (Fsp3) is 0.263. The van der Waals surface area contributed by atoms with Crippen molar-refractivity contribution in [2.24, 2.45) is 0 Å². The van der Waals surface area contributed by atoms with Crippen molar-refractivity contribution in [3.63, 3.8) is 0 Å². The van der Waals surface area contributed by atoms with Gasteiger partial charge in [0.15, 0.2) is 0 Å². The Morgan fingerprint density at radius 1 is 1.00 bits per heavy atom. The Hall–Kier alpha value is -2.04. The quantitative estimate of drug-likeness (QED) is 0.743. The molecule has 0 aromatic heterocycles. The van der Waals surface area contributed by atoms with E-state index in [4.69, 9.17) is 23.2 Å². The molecule has 128 valence electrons. The molecule has 2 aromatic rings. The van der Waals surface area contributed by atoms with Crippen molar-refractivity contribution in [2.75, 3.05) is 16.3 Å². The van der Waals surface area contributed by atoms with E-state index >= 15 is 0 Å². The molecule has 0 aliphatic carbocycles. The van der Waals surface area contributed by atoms with Gasteiger partial charge in [0.25, 0.3) is 5.91 Å². The Kier molecular flexibility index (Phi) is 4.18. The molecule has 0 saturated carbocycles. The standard InChI is InChI=1S/C19H16Cl2N2O2/c20-13-8-14(21)10-15(9-13)23-18(24)11-17(19(23)25)22-7-3-5-12-4-1-2-6-16(12)22/h1-2,4,6,8-10,17H,3,5,7,11H2. The highest BCUT2D eigenvalue weighted by Crippen LogP contribution is 2.35. The number of carbonyl (C=O) groups excluding carboxylic acids is 2. The second kappa shape index (κ2) is 6.36. The number of anilines is 2. The van der Waals surface area contributed by atoms with Gasteiger partial charge in [0.05, 0.1) is 12.1 Å². The molecule has 2 aliphatic rings. The fourth-order valence-corrected chi connectivity index (χ4v) is 4.20. The van der Waals surface area contributed by atoms with E-state index in [1.54, 1.807) is 18.2 Å². The Bertz CT molecular complexity index is 848. The number of nitrogens with zero attached hydrogens (tertiary/aromatic N) is 2. The first-order valence-corrected chi connectivity index (χ1v) is 8.97. The molecule has 0 radical (unpaired) electrons. The summed E-state index contributed by atoms with van der Waals surface area (Å²) in [5.74, 6) is -0.448. The molecule has 1 fully saturated rings. The number of rotatable bonds is 2. The monoisotopic (exact) mass is 374 g/mol. The van der Waals surface area contributed by atoms with Crippen LogP contribution in [0.2, 0.25) is 10.0 Å². The second-order valence-corrected chi connectivity index (χ2v) is 7.21. The third kappa shape index (κ3) is 2.90. The molecule has 2 amide bonds. The molecule has 0 spiro atoms. The highest BCUT2D eigenvalue weighted by Gasteiger charge is 2.43. The highest BCUT2D eigenvalue weighted by molar-refractivity contribution is 6.35. The van der Waals surface area contributed by atoms with E-state index in [1.165, 1.54) is 10.5 Å². The van der Waals surface area contributed by atoms with Crippen molar-refractivity contribution < 1.29 is 9.59 Å². The van der Waals surface area contributed by atoms with Crippen molar-refractivity contribution in [1.82, 2.24) is 0 Å². The second-order valence-electron chi connectivity index (χ2n) is 6.34. The van der Waals surface area contributed by atoms with Crippen molar-refractivity contribution >= 4 is 46.4 Å². The maximum Gasteiger partial charge on any atom is 0.256 e. The smallest absolute Gasteiger partial charge is 0.256 e. The molecule has 2 heterocycles. The lowest BCUT2D eigenvalue weighted by atomic mass is 9.99. The first-order valence-electron chi connectivity index (χ1n) is 8.22. The van der Waals surface area contributed by atoms with Crippen molar-refractivity contribution in [3.8, 4) is 0 Å². The predicted octanol–water partition coefficient (Wildman–Crippen LogP) is 4.08. The van der Waals surface area contributed by atoms with Gasteiger partial charge in [-0.1, -0.05) is 41.4 Å². The minimum Gasteiger partial charge on any atom is -0.359 e. The van der Waals surface area contributed by atoms with Gasteiger partial charge in [0.1, 0.15) is 6.04 Å². The van der Waals surface area contributed by atoms with E-state index in [1.807, 2.05) is 18.2 Å². The molecule has 2 aromatic carbocycles. The lowest BCUT2D eigenvalue weighted by Gasteiger charge is -2.34. The number of benzene rings is 2. The van der Waals surface area contributed by atoms with Gasteiger partial charge in [-0.3, -0.25) is 9.59 Å². The van der Waals surface area contributed by atoms with Crippen LogP contribution in [0.15, 0.2) is 42.5 Å². The van der Waals surface area contributed by atoms with Gasteiger partial charge >= 0.3 is 0 Å². The number of fused-ring (bicyclic) bond motifs is 1. The van der Waals surface area contributed by atoms with Gasteiger partial charge in [-0.2, -0.15) is 0 Å². The topological polar surface area (TPSA) is 40.6 Å². The molecule has 0 bridgehead atoms. The van der Waals surface area contributed by atoms with Crippen molar-refractivity contribution in [2.45, 2.75) is 25.3 Å². The number of carbonyl (C=O) groups is 2. The zero-order chi connectivity index (χ0) is 17.6. The number of aryl methyl sites for hydroxylation is 1. The average Bonchev–Trinajstić information content (AvgIpc) is 2.88. The van der Waals surface area contributed by atoms with Gasteiger partial charge in [0, 0.05) is 22.3 Å². The molecule has 6 heteroatoms. The Balaban J connectivity index is 1.68. The fourth-order valence-electron chi connectivity index (χ4n) is 3.69. The Labute approximate surface area is 155 Å². The van der Waals surface area contributed by atoms with Gasteiger partial charge < -0.3 is 4.90 Å². The highest BCUT2D eigenvalue weighted by atomic mass is 35.5. The SMILES string of the molecule is O=C1CC(N2CCCc3ccccc32)C(=O)N1c1cc(Cl)cc(Cl)c1. The molecular weight excluding hydrogens is 359 g/mol. The summed E-state index contributed by atoms with van der Waals surface area (Å²) in [6.07, 6.45) is 2.13. The van der Waals surface area contributed by atoms with E-state index in [2.05, 4.69) is 11.0 Å². The van der Waals surface area contributed by atoms with E-state index in [0.29, 0.717) is 15.7 Å². The number of para-hydroxylation sites is 1. The van der Waals surface area contributed by atoms with Crippen LogP contribution in [0.25, 0.3) is 0 Å². The molecule has 4 nitrogen and oxygen atoms in total. The van der Waals surface area contributed by atoms with Crippen LogP contribution < -0.4 is 9.80 Å². The maximum atomic E-state index is 13.0. The third-order valence-electron chi connectivity index (χ3n) is 4.75. The summed E-state index contributed by atoms with van der Waals surface area (Å²) < 4.78 is 0. The van der Waals surface area contributed by atoms with Crippen LogP contribution >= 0.6 is 23.2 Å². The predicted molar refractivity (Wildman–Crippen MR) is 99.5 cm³/mol. The summed E-state index contributed by atoms with van der Waals surface area (Å²) in [4.78, 5) is 28.9. The van der Waals surface area contributed by atoms with E-state index < -0.39 is 6.04 Å². The summed E-state index contributed by atoms with van der Waals surface area (Å²) in [6, 6.07) is 12.4. The van der Waals surface area contributed by atoms with E-state index in [0.717, 1.165) is 25.1 Å². The van der Waals surface area contributed by atoms with Crippen LogP contribution in [0.5, 0.6) is 0 Å². The van der Waals surface area contributed by atoms with Crippen molar-refractivity contribution in [1.29, 1.82) is 0 Å². The van der Waals surface area contributed by atoms with Gasteiger partial charge in [-0.05, 0) is 42.7 Å². The third-order valence-corrected chi connectivity index (χ3v) is 5.19. The molecule has 1 unspecified atom stereocenters. The number of imide groups is 1. The molecule has 2 aliphatic heterocycles.